The fourth-order valence-corrected chi connectivity index (χ4v) is 3.04. The molecule has 0 radical (unpaired) electrons. The van der Waals surface area contributed by atoms with E-state index in [4.69, 9.17) is 4.42 Å². The minimum atomic E-state index is -0.311. The van der Waals surface area contributed by atoms with Crippen molar-refractivity contribution in [1.29, 1.82) is 0 Å². The largest absolute Gasteiger partial charge is 0.459 e. The first-order valence-corrected chi connectivity index (χ1v) is 8.64. The van der Waals surface area contributed by atoms with Gasteiger partial charge < -0.3 is 9.73 Å². The topological polar surface area (TPSA) is 82.1 Å². The van der Waals surface area contributed by atoms with E-state index in [0.717, 1.165) is 11.1 Å². The van der Waals surface area contributed by atoms with Crippen LogP contribution in [0.2, 0.25) is 0 Å². The third kappa shape index (κ3) is 3.39. The van der Waals surface area contributed by atoms with Gasteiger partial charge in [0.25, 0.3) is 5.91 Å². The molecule has 0 spiro atoms. The summed E-state index contributed by atoms with van der Waals surface area (Å²) >= 11 is 0. The van der Waals surface area contributed by atoms with Crippen LogP contribution in [-0.4, -0.2) is 26.6 Å². The van der Waals surface area contributed by atoms with E-state index in [2.05, 4.69) is 10.3 Å². The van der Waals surface area contributed by atoms with Crippen molar-refractivity contribution in [2.45, 2.75) is 13.1 Å². The summed E-state index contributed by atoms with van der Waals surface area (Å²) in [6, 6.07) is 16.7. The lowest BCUT2D eigenvalue weighted by Gasteiger charge is -2.04. The molecule has 3 aromatic heterocycles. The van der Waals surface area contributed by atoms with Gasteiger partial charge in [0.2, 0.25) is 0 Å². The van der Waals surface area contributed by atoms with Crippen LogP contribution in [-0.2, 0) is 13.1 Å². The quantitative estimate of drug-likeness (QED) is 0.570. The molecule has 4 rings (SSSR count). The number of carbonyl (C=O) groups excluding carboxylic acids is 1. The molecule has 136 valence electrons. The number of rotatable bonds is 6. The van der Waals surface area contributed by atoms with E-state index >= 15 is 0 Å². The van der Waals surface area contributed by atoms with Gasteiger partial charge in [0.15, 0.2) is 11.4 Å². The summed E-state index contributed by atoms with van der Waals surface area (Å²) in [5.74, 6) is -0.0685. The van der Waals surface area contributed by atoms with Gasteiger partial charge in [-0.05, 0) is 29.8 Å². The van der Waals surface area contributed by atoms with Crippen LogP contribution >= 0.6 is 0 Å². The van der Waals surface area contributed by atoms with Gasteiger partial charge >= 0.3 is 5.69 Å². The number of nitrogens with zero attached hydrogens (tertiary/aromatic N) is 3. The van der Waals surface area contributed by atoms with Crippen LogP contribution < -0.4 is 11.0 Å². The third-order valence-electron chi connectivity index (χ3n) is 4.32. The number of benzene rings is 1. The van der Waals surface area contributed by atoms with Crippen LogP contribution in [0, 0.1) is 0 Å². The highest BCUT2D eigenvalue weighted by molar-refractivity contribution is 5.91. The number of nitrogens with one attached hydrogen (secondary N) is 1. The van der Waals surface area contributed by atoms with Crippen LogP contribution in [0.4, 0.5) is 0 Å². The predicted octanol–water partition coefficient (Wildman–Crippen LogP) is 2.27. The zero-order chi connectivity index (χ0) is 18.6. The molecule has 3 heterocycles. The molecular weight excluding hydrogens is 344 g/mol. The van der Waals surface area contributed by atoms with Crippen molar-refractivity contribution >= 4 is 17.1 Å². The molecule has 1 amide bonds. The number of aromatic nitrogens is 3. The van der Waals surface area contributed by atoms with Gasteiger partial charge in [-0.2, -0.15) is 0 Å². The van der Waals surface area contributed by atoms with E-state index in [1.165, 1.54) is 6.26 Å². The van der Waals surface area contributed by atoms with Crippen molar-refractivity contribution in [2.75, 3.05) is 6.54 Å². The van der Waals surface area contributed by atoms with Crippen molar-refractivity contribution in [1.82, 2.24) is 19.4 Å². The molecule has 7 heteroatoms. The average molecular weight is 362 g/mol. The molecule has 0 aliphatic carbocycles. The first-order chi connectivity index (χ1) is 13.2. The Hall–Kier alpha value is -3.61. The number of fused-ring (bicyclic) bond motifs is 1. The molecule has 0 saturated heterocycles. The first kappa shape index (κ1) is 16.8. The van der Waals surface area contributed by atoms with E-state index in [9.17, 15) is 9.59 Å². The van der Waals surface area contributed by atoms with Crippen LogP contribution in [0.5, 0.6) is 0 Å². The average Bonchev–Trinajstić information content (AvgIpc) is 3.32. The van der Waals surface area contributed by atoms with Crippen LogP contribution in [0.1, 0.15) is 16.1 Å². The minimum Gasteiger partial charge on any atom is -0.459 e. The number of pyridine rings is 1. The highest BCUT2D eigenvalue weighted by Crippen LogP contribution is 2.12. The molecule has 0 aliphatic rings. The lowest BCUT2D eigenvalue weighted by atomic mass is 10.2. The van der Waals surface area contributed by atoms with Crippen molar-refractivity contribution in [3.8, 4) is 0 Å². The Morgan fingerprint density at radius 1 is 1.04 bits per heavy atom. The van der Waals surface area contributed by atoms with Crippen LogP contribution in [0.3, 0.4) is 0 Å². The van der Waals surface area contributed by atoms with Gasteiger partial charge in [-0.25, -0.2) is 9.78 Å². The molecule has 27 heavy (non-hydrogen) atoms. The number of furan rings is 1. The lowest BCUT2D eigenvalue weighted by Crippen LogP contribution is -2.31. The molecule has 0 saturated carbocycles. The minimum absolute atomic E-state index is 0.153. The van der Waals surface area contributed by atoms with E-state index in [0.29, 0.717) is 25.3 Å². The van der Waals surface area contributed by atoms with Gasteiger partial charge in [0, 0.05) is 19.3 Å². The van der Waals surface area contributed by atoms with E-state index in [1.54, 1.807) is 27.5 Å². The van der Waals surface area contributed by atoms with E-state index in [1.807, 2.05) is 42.5 Å². The van der Waals surface area contributed by atoms with E-state index < -0.39 is 0 Å². The highest BCUT2D eigenvalue weighted by Gasteiger charge is 2.15. The number of imidazole rings is 1. The summed E-state index contributed by atoms with van der Waals surface area (Å²) in [4.78, 5) is 29.3. The molecule has 7 nitrogen and oxygen atoms in total. The highest BCUT2D eigenvalue weighted by atomic mass is 16.3. The second kappa shape index (κ2) is 7.33. The van der Waals surface area contributed by atoms with Gasteiger partial charge in [0.05, 0.1) is 18.3 Å². The molecule has 4 aromatic rings. The SMILES string of the molecule is O=C(NCCn1c(=O)n(Cc2ccccc2)c2cccnc21)c1ccco1. The summed E-state index contributed by atoms with van der Waals surface area (Å²) in [5, 5.41) is 2.75. The second-order valence-electron chi connectivity index (χ2n) is 6.09. The summed E-state index contributed by atoms with van der Waals surface area (Å²) < 4.78 is 8.35. The molecule has 0 fully saturated rings. The molecule has 0 unspecified atom stereocenters. The van der Waals surface area contributed by atoms with Gasteiger partial charge in [0.1, 0.15) is 0 Å². The van der Waals surface area contributed by atoms with Crippen LogP contribution in [0.25, 0.3) is 11.2 Å². The van der Waals surface area contributed by atoms with Gasteiger partial charge in [-0.15, -0.1) is 0 Å². The van der Waals surface area contributed by atoms with Crippen molar-refractivity contribution in [2.24, 2.45) is 0 Å². The molecule has 0 aliphatic heterocycles. The van der Waals surface area contributed by atoms with Gasteiger partial charge in [-0.1, -0.05) is 30.3 Å². The smallest absolute Gasteiger partial charge is 0.330 e. The zero-order valence-electron chi connectivity index (χ0n) is 14.5. The second-order valence-corrected chi connectivity index (χ2v) is 6.09. The monoisotopic (exact) mass is 362 g/mol. The summed E-state index contributed by atoms with van der Waals surface area (Å²) in [5.41, 5.74) is 2.25. The molecule has 1 N–H and O–H groups in total. The Morgan fingerprint density at radius 2 is 1.89 bits per heavy atom. The predicted molar refractivity (Wildman–Crippen MR) is 101 cm³/mol. The maximum absolute atomic E-state index is 13.0. The number of carbonyl (C=O) groups is 1. The summed E-state index contributed by atoms with van der Waals surface area (Å²) in [6.07, 6.45) is 3.10. The lowest BCUT2D eigenvalue weighted by molar-refractivity contribution is 0.0924. The number of hydrogen-bond donors (Lipinski definition) is 1. The zero-order valence-corrected chi connectivity index (χ0v) is 14.5. The first-order valence-electron chi connectivity index (χ1n) is 8.64. The van der Waals surface area contributed by atoms with Crippen molar-refractivity contribution < 1.29 is 9.21 Å². The summed E-state index contributed by atoms with van der Waals surface area (Å²) in [7, 11) is 0. The standard InChI is InChI=1S/C20H18N4O3/c25-19(17-9-5-13-27-17)22-11-12-23-18-16(8-4-10-21-18)24(20(23)26)14-15-6-2-1-3-7-15/h1-10,13H,11-12,14H2,(H,22,25). The fourth-order valence-electron chi connectivity index (χ4n) is 3.04. The normalized spacial score (nSPS) is 11.0. The fraction of sp³-hybridized carbons (Fsp3) is 0.150. The number of amides is 1. The molecular formula is C20H18N4O3. The van der Waals surface area contributed by atoms with E-state index in [-0.39, 0.29) is 17.4 Å². The summed E-state index contributed by atoms with van der Waals surface area (Å²) in [6.45, 7) is 1.08. The Morgan fingerprint density at radius 3 is 2.67 bits per heavy atom. The maximum Gasteiger partial charge on any atom is 0.330 e. The van der Waals surface area contributed by atoms with Gasteiger partial charge in [-0.3, -0.25) is 13.9 Å². The van der Waals surface area contributed by atoms with Crippen LogP contribution in [0.15, 0.2) is 76.3 Å². The Balaban J connectivity index is 1.58. The Kier molecular flexibility index (Phi) is 4.57. The molecule has 0 atom stereocenters. The number of hydrogen-bond acceptors (Lipinski definition) is 4. The Labute approximate surface area is 154 Å². The van der Waals surface area contributed by atoms with Crippen molar-refractivity contribution in [3.63, 3.8) is 0 Å². The Bertz CT molecular complexity index is 1110. The van der Waals surface area contributed by atoms with Crippen molar-refractivity contribution in [3.05, 3.63) is 88.9 Å². The third-order valence-corrected chi connectivity index (χ3v) is 4.32. The molecule has 0 bridgehead atoms. The maximum atomic E-state index is 13.0. The molecule has 1 aromatic carbocycles.